The van der Waals surface area contributed by atoms with Crippen LogP contribution < -0.4 is 15.0 Å². The van der Waals surface area contributed by atoms with Gasteiger partial charge in [-0.05, 0) is 42.8 Å². The van der Waals surface area contributed by atoms with E-state index in [0.717, 1.165) is 51.0 Å². The SMILES string of the molecule is CNc1ccnc(Oc2cccc3c2CCN3c2nc3ccc(F)cc3s2)c1. The van der Waals surface area contributed by atoms with Crippen LogP contribution in [0.2, 0.25) is 0 Å². The van der Waals surface area contributed by atoms with Crippen molar-refractivity contribution in [3.05, 3.63) is 66.1 Å². The first-order valence-corrected chi connectivity index (χ1v) is 9.80. The smallest absolute Gasteiger partial charge is 0.221 e. The summed E-state index contributed by atoms with van der Waals surface area (Å²) in [5.41, 5.74) is 3.96. The van der Waals surface area contributed by atoms with Gasteiger partial charge in [0.1, 0.15) is 11.6 Å². The molecule has 1 aliphatic heterocycles. The Bertz CT molecular complexity index is 1180. The zero-order valence-electron chi connectivity index (χ0n) is 15.1. The Hall–Kier alpha value is -3.19. The Balaban J connectivity index is 1.49. The monoisotopic (exact) mass is 392 g/mol. The first-order valence-electron chi connectivity index (χ1n) is 8.98. The van der Waals surface area contributed by atoms with Gasteiger partial charge in [0.2, 0.25) is 5.88 Å². The van der Waals surface area contributed by atoms with Gasteiger partial charge in [0.05, 0.1) is 15.9 Å². The molecule has 1 aliphatic rings. The highest BCUT2D eigenvalue weighted by molar-refractivity contribution is 7.22. The van der Waals surface area contributed by atoms with Crippen LogP contribution >= 0.6 is 11.3 Å². The second kappa shape index (κ2) is 6.76. The van der Waals surface area contributed by atoms with E-state index in [2.05, 4.69) is 26.3 Å². The van der Waals surface area contributed by atoms with Crippen LogP contribution in [0.4, 0.5) is 20.9 Å². The molecule has 7 heteroatoms. The fraction of sp³-hybridized carbons (Fsp3) is 0.143. The summed E-state index contributed by atoms with van der Waals surface area (Å²) in [6.07, 6.45) is 2.57. The minimum Gasteiger partial charge on any atom is -0.439 e. The molecule has 5 nitrogen and oxygen atoms in total. The van der Waals surface area contributed by atoms with E-state index in [4.69, 9.17) is 4.74 Å². The molecule has 1 N–H and O–H groups in total. The molecular formula is C21H17FN4OS. The summed E-state index contributed by atoms with van der Waals surface area (Å²) in [5.74, 6) is 1.11. The quantitative estimate of drug-likeness (QED) is 0.507. The van der Waals surface area contributed by atoms with Crippen molar-refractivity contribution < 1.29 is 9.13 Å². The third-order valence-electron chi connectivity index (χ3n) is 4.79. The average molecular weight is 392 g/mol. The van der Waals surface area contributed by atoms with Gasteiger partial charge in [0, 0.05) is 37.1 Å². The maximum atomic E-state index is 13.5. The molecule has 2 aromatic heterocycles. The number of hydrogen-bond acceptors (Lipinski definition) is 6. The lowest BCUT2D eigenvalue weighted by Crippen LogP contribution is -2.12. The number of pyridine rings is 1. The highest BCUT2D eigenvalue weighted by Gasteiger charge is 2.26. The minimum atomic E-state index is -0.239. The largest absolute Gasteiger partial charge is 0.439 e. The first-order chi connectivity index (χ1) is 13.7. The van der Waals surface area contributed by atoms with Gasteiger partial charge in [0.15, 0.2) is 5.13 Å². The molecule has 0 saturated heterocycles. The Morgan fingerprint density at radius 3 is 3.00 bits per heavy atom. The van der Waals surface area contributed by atoms with Gasteiger partial charge in [-0.3, -0.25) is 0 Å². The zero-order valence-corrected chi connectivity index (χ0v) is 16.0. The molecule has 0 aliphatic carbocycles. The van der Waals surface area contributed by atoms with Gasteiger partial charge in [-0.1, -0.05) is 17.4 Å². The lowest BCUT2D eigenvalue weighted by molar-refractivity contribution is 0.459. The van der Waals surface area contributed by atoms with Gasteiger partial charge >= 0.3 is 0 Å². The zero-order chi connectivity index (χ0) is 19.1. The van der Waals surface area contributed by atoms with E-state index >= 15 is 0 Å². The highest BCUT2D eigenvalue weighted by atomic mass is 32.1. The Labute approximate surface area is 165 Å². The predicted octanol–water partition coefficient (Wildman–Crippen LogP) is 5.36. The number of fused-ring (bicyclic) bond motifs is 2. The fourth-order valence-electron chi connectivity index (χ4n) is 3.43. The summed E-state index contributed by atoms with van der Waals surface area (Å²) in [4.78, 5) is 11.2. The Morgan fingerprint density at radius 2 is 2.11 bits per heavy atom. The van der Waals surface area contributed by atoms with Crippen molar-refractivity contribution in [3.63, 3.8) is 0 Å². The molecule has 0 fully saturated rings. The summed E-state index contributed by atoms with van der Waals surface area (Å²) < 4.78 is 20.4. The van der Waals surface area contributed by atoms with E-state index in [-0.39, 0.29) is 5.82 Å². The number of rotatable bonds is 4. The molecule has 0 unspecified atom stereocenters. The van der Waals surface area contributed by atoms with E-state index in [1.165, 1.54) is 23.5 Å². The number of thiazole rings is 1. The van der Waals surface area contributed by atoms with Gasteiger partial charge in [-0.2, -0.15) is 0 Å². The van der Waals surface area contributed by atoms with E-state index < -0.39 is 0 Å². The van der Waals surface area contributed by atoms with E-state index in [1.54, 1.807) is 12.3 Å². The number of benzene rings is 2. The summed E-state index contributed by atoms with van der Waals surface area (Å²) in [7, 11) is 1.86. The van der Waals surface area contributed by atoms with Crippen LogP contribution in [0.1, 0.15) is 5.56 Å². The predicted molar refractivity (Wildman–Crippen MR) is 111 cm³/mol. The van der Waals surface area contributed by atoms with Crippen molar-refractivity contribution in [2.75, 3.05) is 23.8 Å². The van der Waals surface area contributed by atoms with Crippen LogP contribution in [0.5, 0.6) is 11.6 Å². The van der Waals surface area contributed by atoms with Crippen molar-refractivity contribution in [2.24, 2.45) is 0 Å². The first kappa shape index (κ1) is 16.9. The minimum absolute atomic E-state index is 0.239. The van der Waals surface area contributed by atoms with Crippen molar-refractivity contribution >= 4 is 38.1 Å². The van der Waals surface area contributed by atoms with E-state index in [9.17, 15) is 4.39 Å². The number of ether oxygens (including phenoxy) is 1. The van der Waals surface area contributed by atoms with Crippen molar-refractivity contribution in [3.8, 4) is 11.6 Å². The number of nitrogens with zero attached hydrogens (tertiary/aromatic N) is 3. The van der Waals surface area contributed by atoms with Gasteiger partial charge < -0.3 is 15.0 Å². The standard InChI is InChI=1S/C21H17FN4OS/c1-23-14-7-9-24-20(12-14)27-18-4-2-3-17-15(18)8-10-26(17)21-25-16-6-5-13(22)11-19(16)28-21/h2-7,9,11-12H,8,10H2,1H3,(H,23,24). The molecule has 0 saturated carbocycles. The van der Waals surface area contributed by atoms with Gasteiger partial charge in [-0.25, -0.2) is 14.4 Å². The van der Waals surface area contributed by atoms with Crippen molar-refractivity contribution in [1.29, 1.82) is 0 Å². The maximum absolute atomic E-state index is 13.5. The Morgan fingerprint density at radius 1 is 1.18 bits per heavy atom. The van der Waals surface area contributed by atoms with Crippen LogP contribution in [0.3, 0.4) is 0 Å². The van der Waals surface area contributed by atoms with Crippen molar-refractivity contribution in [1.82, 2.24) is 9.97 Å². The number of anilines is 3. The lowest BCUT2D eigenvalue weighted by Gasteiger charge is -2.16. The molecule has 3 heterocycles. The van der Waals surface area contributed by atoms with Crippen LogP contribution in [0.15, 0.2) is 54.7 Å². The molecule has 2 aromatic carbocycles. The van der Waals surface area contributed by atoms with Crippen LogP contribution in [-0.2, 0) is 6.42 Å². The fourth-order valence-corrected chi connectivity index (χ4v) is 4.46. The molecule has 140 valence electrons. The third-order valence-corrected chi connectivity index (χ3v) is 5.83. The summed E-state index contributed by atoms with van der Waals surface area (Å²) in [5, 5.41) is 3.96. The third kappa shape index (κ3) is 2.93. The molecule has 0 atom stereocenters. The molecular weight excluding hydrogens is 375 g/mol. The molecule has 0 amide bonds. The van der Waals surface area contributed by atoms with E-state index in [0.29, 0.717) is 5.88 Å². The summed E-state index contributed by atoms with van der Waals surface area (Å²) in [6, 6.07) is 14.5. The van der Waals surface area contributed by atoms with Crippen molar-refractivity contribution in [2.45, 2.75) is 6.42 Å². The molecule has 0 spiro atoms. The lowest BCUT2D eigenvalue weighted by atomic mass is 10.1. The maximum Gasteiger partial charge on any atom is 0.221 e. The number of aromatic nitrogens is 2. The van der Waals surface area contributed by atoms with Gasteiger partial charge in [-0.15, -0.1) is 0 Å². The number of hydrogen-bond donors (Lipinski definition) is 1. The summed E-state index contributed by atoms with van der Waals surface area (Å²) >= 11 is 1.50. The molecule has 0 bridgehead atoms. The average Bonchev–Trinajstić information content (AvgIpc) is 3.32. The second-order valence-electron chi connectivity index (χ2n) is 6.50. The van der Waals surface area contributed by atoms with Crippen LogP contribution in [-0.4, -0.2) is 23.6 Å². The van der Waals surface area contributed by atoms with Crippen LogP contribution in [0, 0.1) is 5.82 Å². The normalized spacial score (nSPS) is 13.0. The topological polar surface area (TPSA) is 50.3 Å². The molecule has 5 rings (SSSR count). The highest BCUT2D eigenvalue weighted by Crippen LogP contribution is 2.42. The Kier molecular flexibility index (Phi) is 4.09. The molecule has 4 aromatic rings. The number of halogens is 1. The van der Waals surface area contributed by atoms with Gasteiger partial charge in [0.25, 0.3) is 0 Å². The van der Waals surface area contributed by atoms with Crippen LogP contribution in [0.25, 0.3) is 10.2 Å². The second-order valence-corrected chi connectivity index (χ2v) is 7.51. The summed E-state index contributed by atoms with van der Waals surface area (Å²) in [6.45, 7) is 0.808. The van der Waals surface area contributed by atoms with E-state index in [1.807, 2.05) is 31.3 Å². The molecule has 28 heavy (non-hydrogen) atoms. The number of nitrogens with one attached hydrogen (secondary N) is 1. The molecule has 0 radical (unpaired) electrons.